The minimum Gasteiger partial charge on any atom is -0.467 e. The zero-order chi connectivity index (χ0) is 17.6. The fourth-order valence-electron chi connectivity index (χ4n) is 3.17. The lowest BCUT2D eigenvalue weighted by molar-refractivity contribution is -0.358. The van der Waals surface area contributed by atoms with Crippen molar-refractivity contribution in [1.29, 1.82) is 0 Å². The molecule has 2 atom stereocenters. The second-order valence-corrected chi connectivity index (χ2v) is 5.76. The van der Waals surface area contributed by atoms with Crippen molar-refractivity contribution in [2.24, 2.45) is 5.92 Å². The third-order valence-corrected chi connectivity index (χ3v) is 4.29. The zero-order valence-corrected chi connectivity index (χ0v) is 14.4. The number of rotatable bonds is 9. The van der Waals surface area contributed by atoms with Gasteiger partial charge in [-0.2, -0.15) is 0 Å². The molecule has 0 N–H and O–H groups in total. The van der Waals surface area contributed by atoms with Crippen molar-refractivity contribution in [3.8, 4) is 0 Å². The van der Waals surface area contributed by atoms with Crippen LogP contribution in [0, 0.1) is 5.92 Å². The molecule has 5 nitrogen and oxygen atoms in total. The summed E-state index contributed by atoms with van der Waals surface area (Å²) < 4.78 is 36.7. The van der Waals surface area contributed by atoms with Crippen LogP contribution >= 0.6 is 0 Å². The summed E-state index contributed by atoms with van der Waals surface area (Å²) in [4.78, 5) is 11.9. The number of halogens is 1. The summed E-state index contributed by atoms with van der Waals surface area (Å²) in [5.74, 6) is -2.93. The van der Waals surface area contributed by atoms with Crippen LogP contribution in [0.4, 0.5) is 4.39 Å². The van der Waals surface area contributed by atoms with Crippen LogP contribution in [0.5, 0.6) is 0 Å². The molecule has 0 amide bonds. The Morgan fingerprint density at radius 1 is 1.21 bits per heavy atom. The predicted octanol–water partition coefficient (Wildman–Crippen LogP) is 2.87. The molecule has 0 radical (unpaired) electrons. The van der Waals surface area contributed by atoms with E-state index < -0.39 is 23.3 Å². The highest BCUT2D eigenvalue weighted by Gasteiger charge is 2.71. The van der Waals surface area contributed by atoms with Gasteiger partial charge in [0.15, 0.2) is 5.79 Å². The first-order valence-corrected chi connectivity index (χ1v) is 8.19. The van der Waals surface area contributed by atoms with E-state index in [1.165, 1.54) is 7.11 Å². The summed E-state index contributed by atoms with van der Waals surface area (Å²) in [6.45, 7) is 4.64. The molecule has 0 heterocycles. The summed E-state index contributed by atoms with van der Waals surface area (Å²) in [6.07, 6.45) is -0.187. The molecule has 2 unspecified atom stereocenters. The van der Waals surface area contributed by atoms with Crippen molar-refractivity contribution < 1.29 is 28.1 Å². The van der Waals surface area contributed by atoms with Crippen LogP contribution in [0.2, 0.25) is 0 Å². The number of carbonyl (C=O) groups excluding carboxylic acids is 1. The molecule has 1 aromatic carbocycles. The van der Waals surface area contributed by atoms with Crippen molar-refractivity contribution in [3.63, 3.8) is 0 Å². The van der Waals surface area contributed by atoms with Gasteiger partial charge in [0, 0.05) is 19.6 Å². The SMILES string of the molecule is CCOC1(OCC)CC(F)(C(=O)OC)C1COCc1ccccc1. The normalized spacial score (nSPS) is 25.1. The van der Waals surface area contributed by atoms with Crippen LogP contribution in [0.3, 0.4) is 0 Å². The number of hydrogen-bond acceptors (Lipinski definition) is 5. The number of esters is 1. The first kappa shape index (κ1) is 18.8. The number of methoxy groups -OCH3 is 1. The van der Waals surface area contributed by atoms with Crippen molar-refractivity contribution in [2.75, 3.05) is 26.9 Å². The molecule has 0 spiro atoms. The summed E-state index contributed by atoms with van der Waals surface area (Å²) in [6, 6.07) is 9.56. The van der Waals surface area contributed by atoms with Gasteiger partial charge in [-0.15, -0.1) is 0 Å². The maximum absolute atomic E-state index is 15.1. The minimum absolute atomic E-state index is 0.000490. The van der Waals surface area contributed by atoms with Crippen molar-refractivity contribution >= 4 is 5.97 Å². The molecular weight excluding hydrogens is 315 g/mol. The lowest BCUT2D eigenvalue weighted by atomic mass is 9.65. The summed E-state index contributed by atoms with van der Waals surface area (Å²) in [7, 11) is 1.17. The average Bonchev–Trinajstić information content (AvgIpc) is 2.59. The molecular formula is C18H25FO5. The van der Waals surface area contributed by atoms with E-state index in [0.717, 1.165) is 5.56 Å². The molecule has 0 saturated heterocycles. The monoisotopic (exact) mass is 340 g/mol. The maximum atomic E-state index is 15.1. The second-order valence-electron chi connectivity index (χ2n) is 5.76. The van der Waals surface area contributed by atoms with Crippen LogP contribution in [0.15, 0.2) is 30.3 Å². The van der Waals surface area contributed by atoms with Gasteiger partial charge in [-0.05, 0) is 19.4 Å². The van der Waals surface area contributed by atoms with Crippen molar-refractivity contribution in [2.45, 2.75) is 38.3 Å². The molecule has 1 fully saturated rings. The molecule has 2 rings (SSSR count). The Morgan fingerprint density at radius 2 is 1.83 bits per heavy atom. The molecule has 0 bridgehead atoms. The van der Waals surface area contributed by atoms with Gasteiger partial charge in [0.1, 0.15) is 0 Å². The molecule has 0 aromatic heterocycles. The lowest BCUT2D eigenvalue weighted by Gasteiger charge is -2.55. The smallest absolute Gasteiger partial charge is 0.344 e. The highest BCUT2D eigenvalue weighted by atomic mass is 19.1. The fraction of sp³-hybridized carbons (Fsp3) is 0.611. The van der Waals surface area contributed by atoms with Gasteiger partial charge in [0.05, 0.1) is 26.2 Å². The predicted molar refractivity (Wildman–Crippen MR) is 86.0 cm³/mol. The Hall–Kier alpha value is -1.50. The number of ether oxygens (including phenoxy) is 4. The van der Waals surface area contributed by atoms with Crippen LogP contribution in [0.25, 0.3) is 0 Å². The Morgan fingerprint density at radius 3 is 2.38 bits per heavy atom. The largest absolute Gasteiger partial charge is 0.467 e. The minimum atomic E-state index is -2.16. The van der Waals surface area contributed by atoms with E-state index in [0.29, 0.717) is 19.8 Å². The van der Waals surface area contributed by atoms with Crippen LogP contribution in [-0.2, 0) is 30.3 Å². The average molecular weight is 340 g/mol. The van der Waals surface area contributed by atoms with E-state index in [1.54, 1.807) is 13.8 Å². The number of alkyl halides is 1. The Bertz CT molecular complexity index is 529. The highest BCUT2D eigenvalue weighted by molar-refractivity contribution is 5.81. The molecule has 1 saturated carbocycles. The molecule has 1 aliphatic carbocycles. The summed E-state index contributed by atoms with van der Waals surface area (Å²) in [5.41, 5.74) is -1.19. The van der Waals surface area contributed by atoms with E-state index in [-0.39, 0.29) is 13.0 Å². The van der Waals surface area contributed by atoms with Gasteiger partial charge >= 0.3 is 5.97 Å². The third kappa shape index (κ3) is 3.61. The van der Waals surface area contributed by atoms with E-state index in [2.05, 4.69) is 4.74 Å². The van der Waals surface area contributed by atoms with Crippen LogP contribution in [-0.4, -0.2) is 44.4 Å². The van der Waals surface area contributed by atoms with Crippen LogP contribution in [0.1, 0.15) is 25.8 Å². The summed E-state index contributed by atoms with van der Waals surface area (Å²) in [5, 5.41) is 0. The van der Waals surface area contributed by atoms with E-state index in [9.17, 15) is 4.79 Å². The molecule has 134 valence electrons. The van der Waals surface area contributed by atoms with Crippen molar-refractivity contribution in [3.05, 3.63) is 35.9 Å². The highest BCUT2D eigenvalue weighted by Crippen LogP contribution is 2.53. The fourth-order valence-corrected chi connectivity index (χ4v) is 3.17. The molecule has 6 heteroatoms. The van der Waals surface area contributed by atoms with Gasteiger partial charge in [-0.25, -0.2) is 9.18 Å². The van der Waals surface area contributed by atoms with Crippen LogP contribution < -0.4 is 0 Å². The van der Waals surface area contributed by atoms with E-state index in [1.807, 2.05) is 30.3 Å². The van der Waals surface area contributed by atoms with Gasteiger partial charge < -0.3 is 18.9 Å². The number of benzene rings is 1. The van der Waals surface area contributed by atoms with Gasteiger partial charge in [0.2, 0.25) is 5.67 Å². The number of carbonyl (C=O) groups is 1. The Balaban J connectivity index is 2.09. The second kappa shape index (κ2) is 8.05. The van der Waals surface area contributed by atoms with Gasteiger partial charge in [-0.1, -0.05) is 30.3 Å². The van der Waals surface area contributed by atoms with Gasteiger partial charge in [0.25, 0.3) is 0 Å². The zero-order valence-electron chi connectivity index (χ0n) is 14.4. The Kier molecular flexibility index (Phi) is 6.32. The topological polar surface area (TPSA) is 54.0 Å². The Labute approximate surface area is 142 Å². The quantitative estimate of drug-likeness (QED) is 0.511. The lowest BCUT2D eigenvalue weighted by Crippen LogP contribution is -2.71. The first-order chi connectivity index (χ1) is 11.5. The van der Waals surface area contributed by atoms with E-state index in [4.69, 9.17) is 14.2 Å². The summed E-state index contributed by atoms with van der Waals surface area (Å²) >= 11 is 0. The molecule has 0 aliphatic heterocycles. The third-order valence-electron chi connectivity index (χ3n) is 4.29. The molecule has 1 aliphatic rings. The molecule has 1 aromatic rings. The van der Waals surface area contributed by atoms with E-state index >= 15 is 4.39 Å². The maximum Gasteiger partial charge on any atom is 0.344 e. The van der Waals surface area contributed by atoms with Gasteiger partial charge in [-0.3, -0.25) is 0 Å². The standard InChI is InChI=1S/C18H25FO5/c1-4-23-18(24-5-2)13-17(19,16(20)21-3)15(18)12-22-11-14-9-7-6-8-10-14/h6-10,15H,4-5,11-13H2,1-3H3. The first-order valence-electron chi connectivity index (χ1n) is 8.19. The number of hydrogen-bond donors (Lipinski definition) is 0. The molecule has 24 heavy (non-hydrogen) atoms. The van der Waals surface area contributed by atoms with Crippen molar-refractivity contribution in [1.82, 2.24) is 0 Å².